The fourth-order valence-electron chi connectivity index (χ4n) is 2.21. The van der Waals surface area contributed by atoms with E-state index in [0.29, 0.717) is 17.8 Å². The maximum absolute atomic E-state index is 12.2. The van der Waals surface area contributed by atoms with E-state index >= 15 is 0 Å². The molecule has 7 nitrogen and oxygen atoms in total. The second kappa shape index (κ2) is 6.31. The molecular formula is C14H16ClN3O4. The number of pyridine rings is 1. The van der Waals surface area contributed by atoms with Gasteiger partial charge in [-0.25, -0.2) is 14.6 Å². The topological polar surface area (TPSA) is 88.6 Å². The first-order chi connectivity index (χ1) is 10.3. The van der Waals surface area contributed by atoms with Gasteiger partial charge in [-0.15, -0.1) is 0 Å². The quantitative estimate of drug-likeness (QED) is 0.671. The van der Waals surface area contributed by atoms with Gasteiger partial charge in [0.05, 0.1) is 5.56 Å². The number of ether oxygens (including phenoxy) is 1. The molecule has 0 aliphatic carbocycles. The number of nitrogens with zero attached hydrogens (tertiary/aromatic N) is 2. The Hall–Kier alpha value is -2.15. The van der Waals surface area contributed by atoms with Crippen LogP contribution >= 0.6 is 11.6 Å². The van der Waals surface area contributed by atoms with E-state index < -0.39 is 24.0 Å². The lowest BCUT2D eigenvalue weighted by Crippen LogP contribution is -2.41. The Bertz CT molecular complexity index is 624. The van der Waals surface area contributed by atoms with E-state index in [-0.39, 0.29) is 17.3 Å². The van der Waals surface area contributed by atoms with Crippen LogP contribution in [-0.2, 0) is 9.53 Å². The van der Waals surface area contributed by atoms with E-state index in [1.807, 2.05) is 0 Å². The first-order valence-electron chi connectivity index (χ1n) is 6.75. The molecule has 22 heavy (non-hydrogen) atoms. The highest BCUT2D eigenvalue weighted by molar-refractivity contribution is 6.32. The SMILES string of the molecule is Cc1cc(C)c(C(=O)O[C@@H](C)C(=O)N2CCNC2=O)c(Cl)n1. The zero-order valence-electron chi connectivity index (χ0n) is 12.5. The average molecular weight is 326 g/mol. The number of esters is 1. The highest BCUT2D eigenvalue weighted by Gasteiger charge is 2.32. The van der Waals surface area contributed by atoms with Crippen LogP contribution in [0.3, 0.4) is 0 Å². The Labute approximate surface area is 132 Å². The maximum atomic E-state index is 12.2. The van der Waals surface area contributed by atoms with Crippen molar-refractivity contribution in [1.29, 1.82) is 0 Å². The number of hydrogen-bond donors (Lipinski definition) is 1. The van der Waals surface area contributed by atoms with Gasteiger partial charge in [0.25, 0.3) is 5.91 Å². The Kier molecular flexibility index (Phi) is 4.65. The van der Waals surface area contributed by atoms with Crippen LogP contribution in [-0.4, -0.2) is 47.0 Å². The third-order valence-electron chi connectivity index (χ3n) is 3.26. The second-order valence-electron chi connectivity index (χ2n) is 5.02. The summed E-state index contributed by atoms with van der Waals surface area (Å²) in [5, 5.41) is 2.54. The minimum atomic E-state index is -1.09. The summed E-state index contributed by atoms with van der Waals surface area (Å²) in [5.41, 5.74) is 1.41. The Balaban J connectivity index is 2.12. The van der Waals surface area contributed by atoms with Crippen molar-refractivity contribution in [3.63, 3.8) is 0 Å². The molecule has 0 radical (unpaired) electrons. The molecule has 1 fully saturated rings. The van der Waals surface area contributed by atoms with E-state index in [2.05, 4.69) is 10.3 Å². The molecule has 0 aromatic carbocycles. The van der Waals surface area contributed by atoms with E-state index in [1.165, 1.54) is 6.92 Å². The molecule has 0 spiro atoms. The smallest absolute Gasteiger partial charge is 0.342 e. The fraction of sp³-hybridized carbons (Fsp3) is 0.429. The lowest BCUT2D eigenvalue weighted by Gasteiger charge is -2.18. The maximum Gasteiger partial charge on any atom is 0.342 e. The Morgan fingerprint density at radius 2 is 2.14 bits per heavy atom. The predicted octanol–water partition coefficient (Wildman–Crippen LogP) is 1.45. The van der Waals surface area contributed by atoms with Gasteiger partial charge in [-0.1, -0.05) is 11.6 Å². The Morgan fingerprint density at radius 1 is 1.45 bits per heavy atom. The van der Waals surface area contributed by atoms with Gasteiger partial charge in [-0.3, -0.25) is 9.69 Å². The summed E-state index contributed by atoms with van der Waals surface area (Å²) >= 11 is 5.97. The van der Waals surface area contributed by atoms with Gasteiger partial charge in [0.1, 0.15) is 5.15 Å². The zero-order valence-corrected chi connectivity index (χ0v) is 13.2. The molecule has 8 heteroatoms. The van der Waals surface area contributed by atoms with E-state index in [0.717, 1.165) is 4.90 Å². The number of imide groups is 1. The van der Waals surface area contributed by atoms with E-state index in [4.69, 9.17) is 16.3 Å². The van der Waals surface area contributed by atoms with Crippen molar-refractivity contribution in [1.82, 2.24) is 15.2 Å². The van der Waals surface area contributed by atoms with Crippen LogP contribution in [0.25, 0.3) is 0 Å². The monoisotopic (exact) mass is 325 g/mol. The van der Waals surface area contributed by atoms with Crippen molar-refractivity contribution in [2.75, 3.05) is 13.1 Å². The zero-order chi connectivity index (χ0) is 16.4. The van der Waals surface area contributed by atoms with Gasteiger partial charge in [-0.05, 0) is 32.4 Å². The van der Waals surface area contributed by atoms with Crippen LogP contribution in [0, 0.1) is 13.8 Å². The summed E-state index contributed by atoms with van der Waals surface area (Å²) in [6.45, 7) is 5.52. The van der Waals surface area contributed by atoms with Crippen LogP contribution in [0.15, 0.2) is 6.07 Å². The number of carbonyl (C=O) groups excluding carboxylic acids is 3. The van der Waals surface area contributed by atoms with Crippen molar-refractivity contribution >= 4 is 29.5 Å². The molecule has 2 rings (SSSR count). The Morgan fingerprint density at radius 3 is 2.68 bits per heavy atom. The number of urea groups is 1. The van der Waals surface area contributed by atoms with Crippen molar-refractivity contribution in [2.24, 2.45) is 0 Å². The number of carbonyl (C=O) groups is 3. The van der Waals surface area contributed by atoms with E-state index in [9.17, 15) is 14.4 Å². The molecule has 1 saturated heterocycles. The summed E-state index contributed by atoms with van der Waals surface area (Å²) in [7, 11) is 0. The molecule has 118 valence electrons. The normalized spacial score (nSPS) is 15.5. The lowest BCUT2D eigenvalue weighted by molar-refractivity contribution is -0.136. The number of aromatic nitrogens is 1. The molecule has 1 atom stereocenters. The summed E-state index contributed by atoms with van der Waals surface area (Å²) in [6.07, 6.45) is -1.09. The minimum Gasteiger partial charge on any atom is -0.449 e. The van der Waals surface area contributed by atoms with Crippen molar-refractivity contribution in [2.45, 2.75) is 26.9 Å². The minimum absolute atomic E-state index is 0.0288. The van der Waals surface area contributed by atoms with E-state index in [1.54, 1.807) is 19.9 Å². The van der Waals surface area contributed by atoms with Crippen LogP contribution in [0.5, 0.6) is 0 Å². The number of nitrogens with one attached hydrogen (secondary N) is 1. The number of amides is 3. The first kappa shape index (κ1) is 16.2. The van der Waals surface area contributed by atoms with Crippen LogP contribution in [0.2, 0.25) is 5.15 Å². The molecule has 1 aromatic rings. The molecule has 1 aromatic heterocycles. The summed E-state index contributed by atoms with van der Waals surface area (Å²) in [4.78, 5) is 40.7. The number of rotatable bonds is 3. The van der Waals surface area contributed by atoms with Crippen LogP contribution in [0.1, 0.15) is 28.5 Å². The standard InChI is InChI=1S/C14H16ClN3O4/c1-7-6-8(2)17-11(15)10(7)13(20)22-9(3)12(19)18-5-4-16-14(18)21/h6,9H,4-5H2,1-3H3,(H,16,21)/t9-/m0/s1. The lowest BCUT2D eigenvalue weighted by atomic mass is 10.1. The van der Waals surface area contributed by atoms with Gasteiger partial charge in [0.15, 0.2) is 6.10 Å². The average Bonchev–Trinajstić information content (AvgIpc) is 2.82. The molecule has 1 N–H and O–H groups in total. The van der Waals surface area contributed by atoms with Crippen molar-refractivity contribution in [3.8, 4) is 0 Å². The molecule has 2 heterocycles. The molecule has 1 aliphatic heterocycles. The van der Waals surface area contributed by atoms with Gasteiger partial charge >= 0.3 is 12.0 Å². The van der Waals surface area contributed by atoms with Crippen LogP contribution in [0.4, 0.5) is 4.79 Å². The summed E-state index contributed by atoms with van der Waals surface area (Å²) < 4.78 is 5.13. The van der Waals surface area contributed by atoms with Gasteiger partial charge in [0, 0.05) is 18.8 Å². The molecule has 1 aliphatic rings. The fourth-order valence-corrected chi connectivity index (χ4v) is 2.57. The molecule has 0 unspecified atom stereocenters. The largest absolute Gasteiger partial charge is 0.449 e. The second-order valence-corrected chi connectivity index (χ2v) is 5.37. The van der Waals surface area contributed by atoms with Crippen molar-refractivity contribution in [3.05, 3.63) is 28.0 Å². The highest BCUT2D eigenvalue weighted by Crippen LogP contribution is 2.20. The molecule has 0 saturated carbocycles. The highest BCUT2D eigenvalue weighted by atomic mass is 35.5. The number of hydrogen-bond acceptors (Lipinski definition) is 5. The first-order valence-corrected chi connectivity index (χ1v) is 7.13. The van der Waals surface area contributed by atoms with Gasteiger partial charge in [0.2, 0.25) is 0 Å². The number of aryl methyl sites for hydroxylation is 2. The van der Waals surface area contributed by atoms with Crippen molar-refractivity contribution < 1.29 is 19.1 Å². The van der Waals surface area contributed by atoms with Gasteiger partial charge in [-0.2, -0.15) is 0 Å². The number of halogens is 1. The van der Waals surface area contributed by atoms with Crippen LogP contribution < -0.4 is 5.32 Å². The molecular weight excluding hydrogens is 310 g/mol. The third-order valence-corrected chi connectivity index (χ3v) is 3.53. The summed E-state index contributed by atoms with van der Waals surface area (Å²) in [5.74, 6) is -1.31. The third kappa shape index (κ3) is 3.19. The molecule has 0 bridgehead atoms. The molecule has 3 amide bonds. The van der Waals surface area contributed by atoms with Gasteiger partial charge < -0.3 is 10.1 Å². The summed E-state index contributed by atoms with van der Waals surface area (Å²) in [6, 6.07) is 1.21. The predicted molar refractivity (Wildman–Crippen MR) is 78.7 cm³/mol.